The first kappa shape index (κ1) is 16.8. The summed E-state index contributed by atoms with van der Waals surface area (Å²) in [5.74, 6) is 0.684. The molecule has 1 aliphatic heterocycles. The summed E-state index contributed by atoms with van der Waals surface area (Å²) in [6.07, 6.45) is 8.16. The molecule has 1 fully saturated rings. The Kier molecular flexibility index (Phi) is 4.69. The van der Waals surface area contributed by atoms with Gasteiger partial charge in [-0.2, -0.15) is 0 Å². The number of nitrogens with one attached hydrogen (secondary N) is 1. The van der Waals surface area contributed by atoms with Crippen LogP contribution >= 0.6 is 0 Å². The fourth-order valence-electron chi connectivity index (χ4n) is 3.15. The Balaban J connectivity index is 2.03. The van der Waals surface area contributed by atoms with E-state index in [9.17, 15) is 4.79 Å². The Morgan fingerprint density at radius 2 is 2.05 bits per heavy atom. The molecule has 0 bridgehead atoms. The first-order chi connectivity index (χ1) is 9.63. The molecule has 0 saturated carbocycles. The summed E-state index contributed by atoms with van der Waals surface area (Å²) in [6.45, 7) is 13.3. The van der Waals surface area contributed by atoms with Crippen LogP contribution in [0.15, 0.2) is 12.2 Å². The Labute approximate surface area is 130 Å². The van der Waals surface area contributed by atoms with Crippen molar-refractivity contribution >= 4 is 14.2 Å². The van der Waals surface area contributed by atoms with Crippen LogP contribution in [0, 0.1) is 11.8 Å². The van der Waals surface area contributed by atoms with E-state index >= 15 is 0 Å². The zero-order valence-corrected chi connectivity index (χ0v) is 15.4. The molecule has 1 amide bonds. The predicted octanol–water partition coefficient (Wildman–Crippen LogP) is 3.87. The van der Waals surface area contributed by atoms with Gasteiger partial charge in [0.25, 0.3) is 0 Å². The average molecular weight is 310 g/mol. The monoisotopic (exact) mass is 309 g/mol. The predicted molar refractivity (Wildman–Crippen MR) is 89.6 cm³/mol. The fourth-order valence-corrected chi connectivity index (χ4v) is 4.58. The van der Waals surface area contributed by atoms with E-state index in [4.69, 9.17) is 4.43 Å². The highest BCUT2D eigenvalue weighted by Crippen LogP contribution is 2.40. The lowest BCUT2D eigenvalue weighted by atomic mass is 9.75. The van der Waals surface area contributed by atoms with E-state index in [0.29, 0.717) is 5.92 Å². The molecule has 4 heteroatoms. The van der Waals surface area contributed by atoms with E-state index in [1.165, 1.54) is 19.3 Å². The van der Waals surface area contributed by atoms with Crippen molar-refractivity contribution < 1.29 is 9.22 Å². The van der Waals surface area contributed by atoms with Gasteiger partial charge in [0, 0.05) is 6.04 Å². The molecule has 21 heavy (non-hydrogen) atoms. The van der Waals surface area contributed by atoms with Crippen LogP contribution in [0.4, 0.5) is 0 Å². The molecule has 1 N–H and O–H groups in total. The van der Waals surface area contributed by atoms with Gasteiger partial charge in [0.15, 0.2) is 8.32 Å². The maximum Gasteiger partial charge on any atom is 0.228 e. The van der Waals surface area contributed by atoms with Crippen LogP contribution in [0.2, 0.25) is 18.1 Å². The standard InChI is InChI=1S/C17H31NO2Si/c1-12(20-21(5,6)17(2,3)4)14-15(18-16(14)19)13-10-8-7-9-11-13/h8,10,12-15H,7,9,11H2,1-6H3,(H,18,19)/t12-,13-,14-,15?/m1/s1. The molecular formula is C17H31NO2Si. The van der Waals surface area contributed by atoms with Crippen molar-refractivity contribution in [1.29, 1.82) is 0 Å². The number of β-lactam (4-membered cyclic amide) rings is 1. The number of carbonyl (C=O) groups excluding carboxylic acids is 1. The number of hydrogen-bond donors (Lipinski definition) is 1. The smallest absolute Gasteiger partial charge is 0.228 e. The first-order valence-electron chi connectivity index (χ1n) is 8.28. The van der Waals surface area contributed by atoms with Crippen LogP contribution in [0.25, 0.3) is 0 Å². The lowest BCUT2D eigenvalue weighted by Crippen LogP contribution is -2.66. The zero-order chi connectivity index (χ0) is 15.8. The van der Waals surface area contributed by atoms with Gasteiger partial charge in [0.2, 0.25) is 5.91 Å². The maximum absolute atomic E-state index is 12.1. The Bertz CT molecular complexity index is 425. The Hall–Kier alpha value is -0.613. The highest BCUT2D eigenvalue weighted by molar-refractivity contribution is 6.74. The molecule has 3 nitrogen and oxygen atoms in total. The van der Waals surface area contributed by atoms with Crippen LogP contribution in [-0.4, -0.2) is 26.4 Å². The fraction of sp³-hybridized carbons (Fsp3) is 0.824. The van der Waals surface area contributed by atoms with Crippen LogP contribution in [0.5, 0.6) is 0 Å². The van der Waals surface area contributed by atoms with Crippen molar-refractivity contribution in [2.45, 2.75) is 77.2 Å². The summed E-state index contributed by atoms with van der Waals surface area (Å²) in [4.78, 5) is 12.1. The van der Waals surface area contributed by atoms with Gasteiger partial charge in [-0.3, -0.25) is 4.79 Å². The lowest BCUT2D eigenvalue weighted by molar-refractivity contribution is -0.141. The average Bonchev–Trinajstić information content (AvgIpc) is 2.34. The van der Waals surface area contributed by atoms with Gasteiger partial charge in [-0.25, -0.2) is 0 Å². The third-order valence-corrected chi connectivity index (χ3v) is 10.1. The van der Waals surface area contributed by atoms with Crippen molar-refractivity contribution in [2.75, 3.05) is 0 Å². The van der Waals surface area contributed by atoms with E-state index in [-0.39, 0.29) is 29.0 Å². The number of rotatable bonds is 4. The maximum atomic E-state index is 12.1. The molecule has 2 aliphatic rings. The molecule has 120 valence electrons. The van der Waals surface area contributed by atoms with E-state index in [1.807, 2.05) is 0 Å². The van der Waals surface area contributed by atoms with Gasteiger partial charge in [0.05, 0.1) is 12.0 Å². The van der Waals surface area contributed by atoms with Crippen molar-refractivity contribution in [2.24, 2.45) is 11.8 Å². The molecule has 1 saturated heterocycles. The first-order valence-corrected chi connectivity index (χ1v) is 11.2. The molecule has 0 radical (unpaired) electrons. The summed E-state index contributed by atoms with van der Waals surface area (Å²) in [6, 6.07) is 0.272. The summed E-state index contributed by atoms with van der Waals surface area (Å²) >= 11 is 0. The van der Waals surface area contributed by atoms with Crippen LogP contribution in [-0.2, 0) is 9.22 Å². The van der Waals surface area contributed by atoms with Crippen LogP contribution in [0.3, 0.4) is 0 Å². The summed E-state index contributed by atoms with van der Waals surface area (Å²) in [5, 5.41) is 3.30. The van der Waals surface area contributed by atoms with Crippen molar-refractivity contribution in [3.63, 3.8) is 0 Å². The zero-order valence-electron chi connectivity index (χ0n) is 14.4. The molecule has 1 heterocycles. The second-order valence-corrected chi connectivity index (χ2v) is 12.9. The topological polar surface area (TPSA) is 38.3 Å². The number of hydrogen-bond acceptors (Lipinski definition) is 2. The minimum absolute atomic E-state index is 0.0139. The van der Waals surface area contributed by atoms with E-state index in [1.54, 1.807) is 0 Å². The molecule has 0 aromatic heterocycles. The van der Waals surface area contributed by atoms with Crippen molar-refractivity contribution in [1.82, 2.24) is 5.32 Å². The minimum atomic E-state index is -1.82. The van der Waals surface area contributed by atoms with Gasteiger partial charge in [0.1, 0.15) is 0 Å². The third kappa shape index (κ3) is 3.42. The van der Waals surface area contributed by atoms with Gasteiger partial charge >= 0.3 is 0 Å². The molecule has 1 aliphatic carbocycles. The number of amides is 1. The number of carbonyl (C=O) groups is 1. The minimum Gasteiger partial charge on any atom is -0.413 e. The molecule has 0 aromatic carbocycles. The summed E-state index contributed by atoms with van der Waals surface area (Å²) in [5.41, 5.74) is 0. The van der Waals surface area contributed by atoms with E-state index in [2.05, 4.69) is 58.3 Å². The second-order valence-electron chi connectivity index (χ2n) is 8.17. The van der Waals surface area contributed by atoms with E-state index in [0.717, 1.165) is 0 Å². The van der Waals surface area contributed by atoms with Gasteiger partial charge in [-0.1, -0.05) is 32.9 Å². The van der Waals surface area contributed by atoms with Gasteiger partial charge in [-0.05, 0) is 50.2 Å². The summed E-state index contributed by atoms with van der Waals surface area (Å²) < 4.78 is 6.45. The Morgan fingerprint density at radius 1 is 1.38 bits per heavy atom. The number of allylic oxidation sites excluding steroid dienone is 1. The van der Waals surface area contributed by atoms with Gasteiger partial charge < -0.3 is 9.74 Å². The quantitative estimate of drug-likeness (QED) is 0.486. The normalized spacial score (nSPS) is 31.5. The summed E-state index contributed by atoms with van der Waals surface area (Å²) in [7, 11) is -1.82. The highest BCUT2D eigenvalue weighted by atomic mass is 28.4. The van der Waals surface area contributed by atoms with Gasteiger partial charge in [-0.15, -0.1) is 0 Å². The molecule has 2 rings (SSSR count). The second kappa shape index (κ2) is 5.88. The molecule has 1 unspecified atom stereocenters. The van der Waals surface area contributed by atoms with Crippen LogP contribution in [0.1, 0.15) is 47.0 Å². The molecule has 0 spiro atoms. The third-order valence-electron chi connectivity index (χ3n) is 5.54. The Morgan fingerprint density at radius 3 is 2.52 bits per heavy atom. The van der Waals surface area contributed by atoms with Crippen molar-refractivity contribution in [3.05, 3.63) is 12.2 Å². The molecular weight excluding hydrogens is 278 g/mol. The molecule has 0 aromatic rings. The lowest BCUT2D eigenvalue weighted by Gasteiger charge is -2.47. The largest absolute Gasteiger partial charge is 0.413 e. The highest BCUT2D eigenvalue weighted by Gasteiger charge is 2.49. The van der Waals surface area contributed by atoms with Crippen LogP contribution < -0.4 is 5.32 Å². The van der Waals surface area contributed by atoms with Crippen molar-refractivity contribution in [3.8, 4) is 0 Å². The molecule has 4 atom stereocenters. The van der Waals surface area contributed by atoms with E-state index < -0.39 is 8.32 Å². The SMILES string of the molecule is C[C@@H](O[Si](C)(C)C(C)(C)C)[C@H]1C(=O)NC1[C@@H]1C=CCCC1.